The number of hydrogen-bond donors (Lipinski definition) is 2. The summed E-state index contributed by atoms with van der Waals surface area (Å²) < 4.78 is 72.1. The molecule has 3 aromatic carbocycles. The molecule has 1 saturated carbocycles. The van der Waals surface area contributed by atoms with E-state index in [0.717, 1.165) is 11.6 Å². The molecule has 1 unspecified atom stereocenters. The number of sulfone groups is 1. The molecule has 5 aromatic rings. The van der Waals surface area contributed by atoms with E-state index in [2.05, 4.69) is 16.2 Å². The molecule has 52 heavy (non-hydrogen) atoms. The van der Waals surface area contributed by atoms with E-state index >= 15 is 8.78 Å². The molecular formula is C38H37F2N5O6S. The van der Waals surface area contributed by atoms with Gasteiger partial charge in [0.15, 0.2) is 33.1 Å². The number of nitriles is 1. The summed E-state index contributed by atoms with van der Waals surface area (Å²) in [5.74, 6) is -2.97. The van der Waals surface area contributed by atoms with Crippen LogP contribution in [0.5, 0.6) is 11.5 Å². The molecular weight excluding hydrogens is 693 g/mol. The van der Waals surface area contributed by atoms with Gasteiger partial charge in [-0.1, -0.05) is 24.3 Å². The molecule has 4 bridgehead atoms. The van der Waals surface area contributed by atoms with Gasteiger partial charge in [-0.2, -0.15) is 10.4 Å². The lowest BCUT2D eigenvalue weighted by molar-refractivity contribution is -0.143. The quantitative estimate of drug-likeness (QED) is 0.213. The second kappa shape index (κ2) is 12.8. The highest BCUT2D eigenvalue weighted by molar-refractivity contribution is 7.91. The largest absolute Gasteiger partial charge is 0.481 e. The Morgan fingerprint density at radius 2 is 1.88 bits per heavy atom. The number of carbonyl (C=O) groups is 1. The number of benzene rings is 3. The molecule has 14 heteroatoms. The van der Waals surface area contributed by atoms with Crippen LogP contribution in [0.4, 0.5) is 8.78 Å². The number of aliphatic carboxylic acids is 1. The number of ether oxygens (including phenoxy) is 2. The molecule has 0 amide bonds. The minimum Gasteiger partial charge on any atom is -0.481 e. The number of rotatable bonds is 4. The number of carboxylic acid groups (broad SMARTS) is 1. The molecule has 3 heterocycles. The van der Waals surface area contributed by atoms with Crippen molar-refractivity contribution in [2.24, 2.45) is 12.5 Å². The highest BCUT2D eigenvalue weighted by Crippen LogP contribution is 2.49. The topological polar surface area (TPSA) is 160 Å². The third-order valence-corrected chi connectivity index (χ3v) is 12.0. The fraction of sp³-hybridized carbons (Fsp3) is 0.368. The highest BCUT2D eigenvalue weighted by atomic mass is 32.2. The number of halogens is 2. The highest BCUT2D eigenvalue weighted by Gasteiger charge is 2.50. The fourth-order valence-electron chi connectivity index (χ4n) is 7.13. The van der Waals surface area contributed by atoms with Gasteiger partial charge in [0.25, 0.3) is 0 Å². The van der Waals surface area contributed by atoms with Crippen molar-refractivity contribution < 1.29 is 36.6 Å². The van der Waals surface area contributed by atoms with Crippen molar-refractivity contribution in [3.63, 3.8) is 0 Å². The first-order valence-corrected chi connectivity index (χ1v) is 18.7. The lowest BCUT2D eigenvalue weighted by atomic mass is 9.77. The number of aryl methyl sites for hydroxylation is 2. The smallest absolute Gasteiger partial charge is 0.309 e. The van der Waals surface area contributed by atoms with Gasteiger partial charge in [-0.05, 0) is 74.9 Å². The number of carboxylic acids is 1. The minimum atomic E-state index is -3.79. The van der Waals surface area contributed by atoms with Crippen LogP contribution in [0.25, 0.3) is 22.3 Å². The molecule has 0 radical (unpaired) electrons. The molecule has 2 aromatic heterocycles. The van der Waals surface area contributed by atoms with Crippen molar-refractivity contribution in [3.8, 4) is 29.0 Å². The Morgan fingerprint density at radius 3 is 2.62 bits per heavy atom. The van der Waals surface area contributed by atoms with E-state index in [0.29, 0.717) is 34.9 Å². The standard InChI is InChI=1S/C38H37F2N5O6S/c1-36(2)22-52(48,49)16-10-27-26-9-14-42-31(26)19-30(40)32(27)51-25-7-8-29(39)28(18-25)33-43-34(44-45(33)3)38(21-41,13-15-50-36)24-6-4-5-23(17-24)20-37(11-12-37)35(46)47/h4-9,14,17-19,42H,10-13,15-16,20,22H2,1-3H3,(H,46,47). The molecule has 1 aliphatic heterocycles. The second-order valence-corrected chi connectivity index (χ2v) is 16.6. The molecule has 2 N–H and O–H groups in total. The van der Waals surface area contributed by atoms with Crippen molar-refractivity contribution in [2.45, 2.75) is 57.0 Å². The van der Waals surface area contributed by atoms with Gasteiger partial charge in [0, 0.05) is 48.8 Å². The van der Waals surface area contributed by atoms with Crippen LogP contribution < -0.4 is 4.74 Å². The predicted octanol–water partition coefficient (Wildman–Crippen LogP) is 6.41. The normalized spacial score (nSPS) is 20.8. The number of H-pyrrole nitrogens is 1. The van der Waals surface area contributed by atoms with Gasteiger partial charge in [0.1, 0.15) is 17.0 Å². The zero-order chi connectivity index (χ0) is 37.1. The van der Waals surface area contributed by atoms with Crippen LogP contribution >= 0.6 is 0 Å². The van der Waals surface area contributed by atoms with Crippen LogP contribution in [0.2, 0.25) is 0 Å². The fourth-order valence-corrected chi connectivity index (χ4v) is 8.93. The summed E-state index contributed by atoms with van der Waals surface area (Å²) in [6.07, 6.45) is 2.93. The van der Waals surface area contributed by atoms with Gasteiger partial charge >= 0.3 is 5.97 Å². The molecule has 1 atom stereocenters. The number of hydrogen-bond acceptors (Lipinski definition) is 8. The van der Waals surface area contributed by atoms with Crippen molar-refractivity contribution in [1.82, 2.24) is 19.7 Å². The van der Waals surface area contributed by atoms with Crippen LogP contribution in [0.15, 0.2) is 60.8 Å². The Balaban J connectivity index is 1.38. The maximum atomic E-state index is 15.7. The van der Waals surface area contributed by atoms with Gasteiger partial charge in [0.05, 0.1) is 34.2 Å². The Labute approximate surface area is 299 Å². The van der Waals surface area contributed by atoms with E-state index in [1.165, 1.54) is 22.9 Å². The van der Waals surface area contributed by atoms with Crippen LogP contribution in [0.3, 0.4) is 0 Å². The molecule has 270 valence electrons. The lowest BCUT2D eigenvalue weighted by Gasteiger charge is -2.29. The summed E-state index contributed by atoms with van der Waals surface area (Å²) in [5, 5.41) is 26.0. The first-order valence-electron chi connectivity index (χ1n) is 16.9. The van der Waals surface area contributed by atoms with Crippen molar-refractivity contribution in [3.05, 3.63) is 94.9 Å². The van der Waals surface area contributed by atoms with Crippen molar-refractivity contribution >= 4 is 26.7 Å². The molecule has 11 nitrogen and oxygen atoms in total. The van der Waals surface area contributed by atoms with Gasteiger partial charge in [-0.3, -0.25) is 4.79 Å². The molecule has 1 aliphatic carbocycles. The third-order valence-electron chi connectivity index (χ3n) is 10.1. The zero-order valence-corrected chi connectivity index (χ0v) is 29.7. The van der Waals surface area contributed by atoms with E-state index < -0.39 is 43.9 Å². The Bertz CT molecular complexity index is 2380. The average molecular weight is 730 g/mol. The van der Waals surface area contributed by atoms with Crippen molar-refractivity contribution in [2.75, 3.05) is 18.1 Å². The molecule has 7 rings (SSSR count). The third kappa shape index (κ3) is 6.54. The molecule has 2 aliphatic rings. The van der Waals surface area contributed by atoms with E-state index in [4.69, 9.17) is 14.5 Å². The molecule has 0 spiro atoms. The summed E-state index contributed by atoms with van der Waals surface area (Å²) in [6.45, 7) is 3.21. The van der Waals surface area contributed by atoms with Crippen LogP contribution in [0, 0.1) is 28.4 Å². The summed E-state index contributed by atoms with van der Waals surface area (Å²) in [6, 6.07) is 16.3. The monoisotopic (exact) mass is 729 g/mol. The number of nitrogens with zero attached hydrogens (tertiary/aromatic N) is 4. The SMILES string of the molecule is Cn1nc2nc1-c1cc(ccc1F)Oc1c(F)cc3[nH]ccc3c1CCS(=O)(=O)CC(C)(C)OCCC2(C#N)c1cccc(CC2(C(=O)O)CC2)c1. The Morgan fingerprint density at radius 1 is 1.10 bits per heavy atom. The predicted molar refractivity (Wildman–Crippen MR) is 188 cm³/mol. The van der Waals surface area contributed by atoms with Gasteiger partial charge in [-0.25, -0.2) is 26.9 Å². The second-order valence-electron chi connectivity index (χ2n) is 14.4. The number of nitrogens with one attached hydrogen (secondary N) is 1. The minimum absolute atomic E-state index is 0.00624. The molecule has 0 saturated heterocycles. The van der Waals surface area contributed by atoms with Crippen LogP contribution in [-0.4, -0.2) is 63.0 Å². The van der Waals surface area contributed by atoms with Gasteiger partial charge < -0.3 is 19.6 Å². The average Bonchev–Trinajstić information content (AvgIpc) is 3.54. The number of aromatic amines is 1. The van der Waals surface area contributed by atoms with Crippen LogP contribution in [0.1, 0.15) is 55.6 Å². The van der Waals surface area contributed by atoms with E-state index in [9.17, 15) is 23.6 Å². The zero-order valence-electron chi connectivity index (χ0n) is 28.9. The maximum Gasteiger partial charge on any atom is 0.309 e. The van der Waals surface area contributed by atoms with Crippen molar-refractivity contribution in [1.29, 1.82) is 5.26 Å². The van der Waals surface area contributed by atoms with Gasteiger partial charge in [0.2, 0.25) is 0 Å². The summed E-state index contributed by atoms with van der Waals surface area (Å²) in [7, 11) is -2.23. The molecule has 1 fully saturated rings. The summed E-state index contributed by atoms with van der Waals surface area (Å²) in [5.41, 5.74) is -1.64. The Hall–Kier alpha value is -5.13. The number of aromatic nitrogens is 4. The first-order chi connectivity index (χ1) is 24.6. The first kappa shape index (κ1) is 35.3. The van der Waals surface area contributed by atoms with E-state index in [1.807, 2.05) is 6.07 Å². The lowest BCUT2D eigenvalue weighted by Crippen LogP contribution is -2.37. The summed E-state index contributed by atoms with van der Waals surface area (Å²) >= 11 is 0. The van der Waals surface area contributed by atoms with E-state index in [-0.39, 0.29) is 66.1 Å². The Kier molecular flexibility index (Phi) is 8.70. The maximum absolute atomic E-state index is 15.7. The van der Waals surface area contributed by atoms with E-state index in [1.54, 1.807) is 51.4 Å². The van der Waals surface area contributed by atoms with Gasteiger partial charge in [-0.15, -0.1) is 0 Å². The van der Waals surface area contributed by atoms with Crippen LogP contribution in [-0.2, 0) is 44.7 Å². The summed E-state index contributed by atoms with van der Waals surface area (Å²) in [4.78, 5) is 19.7. The number of fused-ring (bicyclic) bond motifs is 8.